The van der Waals surface area contributed by atoms with Gasteiger partial charge >= 0.3 is 5.97 Å². The molecule has 118 valence electrons. The van der Waals surface area contributed by atoms with E-state index in [0.717, 1.165) is 11.4 Å². The minimum absolute atomic E-state index is 0.125. The SMILES string of the molecule is COC(=O)c1cc(N)ccc1S(=O)(=O)N(C)CC(C)(C)O. The Morgan fingerprint density at radius 2 is 2.00 bits per heavy atom. The van der Waals surface area contributed by atoms with E-state index in [2.05, 4.69) is 4.74 Å². The predicted molar refractivity (Wildman–Crippen MR) is 78.3 cm³/mol. The summed E-state index contributed by atoms with van der Waals surface area (Å²) in [5.41, 5.74) is 4.49. The van der Waals surface area contributed by atoms with E-state index in [9.17, 15) is 18.3 Å². The molecule has 0 amide bonds. The van der Waals surface area contributed by atoms with E-state index in [-0.39, 0.29) is 22.7 Å². The molecule has 0 spiro atoms. The van der Waals surface area contributed by atoms with Crippen molar-refractivity contribution in [2.75, 3.05) is 26.4 Å². The smallest absolute Gasteiger partial charge is 0.339 e. The number of nitrogen functional groups attached to an aromatic ring is 1. The van der Waals surface area contributed by atoms with Crippen molar-refractivity contribution >= 4 is 21.7 Å². The molecule has 1 aromatic rings. The second-order valence-electron chi connectivity index (χ2n) is 5.32. The van der Waals surface area contributed by atoms with E-state index < -0.39 is 21.6 Å². The summed E-state index contributed by atoms with van der Waals surface area (Å²) in [6.07, 6.45) is 0. The second kappa shape index (κ2) is 6.00. The number of nitrogens with zero attached hydrogens (tertiary/aromatic N) is 1. The van der Waals surface area contributed by atoms with Gasteiger partial charge in [-0.25, -0.2) is 13.2 Å². The lowest BCUT2D eigenvalue weighted by Crippen LogP contribution is -2.40. The Kier molecular flexibility index (Phi) is 4.98. The number of hydrogen-bond donors (Lipinski definition) is 2. The standard InChI is InChI=1S/C13H20N2O5S/c1-13(2,17)8-15(3)21(18,19)11-6-5-9(14)7-10(11)12(16)20-4/h5-7,17H,8,14H2,1-4H3. The number of anilines is 1. The van der Waals surface area contributed by atoms with Gasteiger partial charge in [0.05, 0.1) is 23.2 Å². The fourth-order valence-electron chi connectivity index (χ4n) is 1.84. The van der Waals surface area contributed by atoms with Crippen molar-refractivity contribution in [1.82, 2.24) is 4.31 Å². The highest BCUT2D eigenvalue weighted by molar-refractivity contribution is 7.89. The first-order chi connectivity index (χ1) is 9.49. The van der Waals surface area contributed by atoms with Crippen LogP contribution >= 0.6 is 0 Å². The van der Waals surface area contributed by atoms with Gasteiger partial charge in [-0.1, -0.05) is 0 Å². The summed E-state index contributed by atoms with van der Waals surface area (Å²) in [4.78, 5) is 11.5. The van der Waals surface area contributed by atoms with Crippen LogP contribution in [0.25, 0.3) is 0 Å². The maximum atomic E-state index is 12.5. The Labute approximate surface area is 124 Å². The van der Waals surface area contributed by atoms with Gasteiger partial charge in [-0.05, 0) is 32.0 Å². The summed E-state index contributed by atoms with van der Waals surface area (Å²) in [5, 5.41) is 9.75. The molecule has 7 nitrogen and oxygen atoms in total. The van der Waals surface area contributed by atoms with Crippen LogP contribution in [0.4, 0.5) is 5.69 Å². The molecule has 0 bridgehead atoms. The molecule has 0 aromatic heterocycles. The van der Waals surface area contributed by atoms with Gasteiger partial charge in [-0.15, -0.1) is 0 Å². The number of aliphatic hydroxyl groups is 1. The molecule has 0 saturated heterocycles. The summed E-state index contributed by atoms with van der Waals surface area (Å²) in [6, 6.07) is 3.88. The number of likely N-dealkylation sites (N-methyl/N-ethyl adjacent to an activating group) is 1. The van der Waals surface area contributed by atoms with E-state index in [4.69, 9.17) is 5.73 Å². The third-order valence-electron chi connectivity index (χ3n) is 2.71. The highest BCUT2D eigenvalue weighted by Gasteiger charge is 2.30. The van der Waals surface area contributed by atoms with Crippen LogP contribution in [-0.2, 0) is 14.8 Å². The molecule has 0 fully saturated rings. The number of methoxy groups -OCH3 is 1. The van der Waals surface area contributed by atoms with E-state index in [1.54, 1.807) is 0 Å². The average Bonchev–Trinajstić information content (AvgIpc) is 2.35. The van der Waals surface area contributed by atoms with Crippen LogP contribution in [0.3, 0.4) is 0 Å². The van der Waals surface area contributed by atoms with Gasteiger partial charge in [0.2, 0.25) is 10.0 Å². The third-order valence-corrected chi connectivity index (χ3v) is 4.57. The Hall–Kier alpha value is -1.64. The zero-order chi connectivity index (χ0) is 16.4. The fourth-order valence-corrected chi connectivity index (χ4v) is 3.32. The zero-order valence-corrected chi connectivity index (χ0v) is 13.3. The van der Waals surface area contributed by atoms with Gasteiger partial charge in [0.25, 0.3) is 0 Å². The largest absolute Gasteiger partial charge is 0.465 e. The molecule has 1 aromatic carbocycles. The number of rotatable bonds is 5. The number of sulfonamides is 1. The van der Waals surface area contributed by atoms with Crippen molar-refractivity contribution in [3.05, 3.63) is 23.8 Å². The number of carbonyl (C=O) groups is 1. The summed E-state index contributed by atoms with van der Waals surface area (Å²) < 4.78 is 30.6. The summed E-state index contributed by atoms with van der Waals surface area (Å²) in [7, 11) is -1.48. The molecule has 0 heterocycles. The maximum absolute atomic E-state index is 12.5. The molecule has 1 rings (SSSR count). The van der Waals surface area contributed by atoms with E-state index in [0.29, 0.717) is 0 Å². The molecule has 8 heteroatoms. The minimum atomic E-state index is -3.96. The molecule has 3 N–H and O–H groups in total. The Morgan fingerprint density at radius 3 is 2.48 bits per heavy atom. The number of nitrogens with two attached hydrogens (primary N) is 1. The Balaban J connectivity index is 3.35. The molecule has 0 aliphatic carbocycles. The monoisotopic (exact) mass is 316 g/mol. The highest BCUT2D eigenvalue weighted by atomic mass is 32.2. The molecule has 0 aliphatic heterocycles. The van der Waals surface area contributed by atoms with Crippen LogP contribution in [0.15, 0.2) is 23.1 Å². The Bertz CT molecular complexity index is 634. The van der Waals surface area contributed by atoms with E-state index in [1.165, 1.54) is 39.1 Å². The predicted octanol–water partition coefficient (Wildman–Crippen LogP) is 0.447. The average molecular weight is 316 g/mol. The van der Waals surface area contributed by atoms with Crippen molar-refractivity contribution in [3.63, 3.8) is 0 Å². The topological polar surface area (TPSA) is 110 Å². The van der Waals surface area contributed by atoms with Crippen LogP contribution in [-0.4, -0.2) is 50.1 Å². The van der Waals surface area contributed by atoms with Gasteiger partial charge in [-0.2, -0.15) is 4.31 Å². The van der Waals surface area contributed by atoms with Crippen LogP contribution in [0.5, 0.6) is 0 Å². The van der Waals surface area contributed by atoms with Gasteiger partial charge in [0.15, 0.2) is 0 Å². The molecular formula is C13H20N2O5S. The number of hydrogen-bond acceptors (Lipinski definition) is 6. The Morgan fingerprint density at radius 1 is 1.43 bits per heavy atom. The summed E-state index contributed by atoms with van der Waals surface area (Å²) in [6.45, 7) is 2.85. The van der Waals surface area contributed by atoms with Crippen LogP contribution in [0.1, 0.15) is 24.2 Å². The van der Waals surface area contributed by atoms with Crippen molar-refractivity contribution in [2.24, 2.45) is 0 Å². The van der Waals surface area contributed by atoms with Crippen molar-refractivity contribution in [1.29, 1.82) is 0 Å². The fraction of sp³-hybridized carbons (Fsp3) is 0.462. The number of esters is 1. The van der Waals surface area contributed by atoms with Crippen LogP contribution in [0.2, 0.25) is 0 Å². The highest BCUT2D eigenvalue weighted by Crippen LogP contribution is 2.23. The number of ether oxygens (including phenoxy) is 1. The molecule has 0 saturated carbocycles. The van der Waals surface area contributed by atoms with Crippen molar-refractivity contribution in [2.45, 2.75) is 24.3 Å². The summed E-state index contributed by atoms with van der Waals surface area (Å²) in [5.74, 6) is -0.794. The van der Waals surface area contributed by atoms with E-state index >= 15 is 0 Å². The van der Waals surface area contributed by atoms with Gasteiger partial charge in [0, 0.05) is 19.3 Å². The molecule has 0 radical (unpaired) electrons. The minimum Gasteiger partial charge on any atom is -0.465 e. The molecule has 0 atom stereocenters. The maximum Gasteiger partial charge on any atom is 0.339 e. The van der Waals surface area contributed by atoms with Gasteiger partial charge in [-0.3, -0.25) is 0 Å². The number of carbonyl (C=O) groups excluding carboxylic acids is 1. The zero-order valence-electron chi connectivity index (χ0n) is 12.5. The quantitative estimate of drug-likeness (QED) is 0.603. The first-order valence-corrected chi connectivity index (χ1v) is 7.59. The van der Waals surface area contributed by atoms with Gasteiger partial charge < -0.3 is 15.6 Å². The van der Waals surface area contributed by atoms with Crippen molar-refractivity contribution < 1.29 is 23.1 Å². The molecular weight excluding hydrogens is 296 g/mol. The lowest BCUT2D eigenvalue weighted by atomic mass is 10.1. The molecule has 0 aliphatic rings. The lowest BCUT2D eigenvalue weighted by molar-refractivity contribution is 0.0596. The van der Waals surface area contributed by atoms with Crippen LogP contribution < -0.4 is 5.73 Å². The first kappa shape index (κ1) is 17.4. The normalized spacial score (nSPS) is 12.5. The van der Waals surface area contributed by atoms with Crippen molar-refractivity contribution in [3.8, 4) is 0 Å². The second-order valence-corrected chi connectivity index (χ2v) is 7.33. The third kappa shape index (κ3) is 4.16. The molecule has 0 unspecified atom stereocenters. The summed E-state index contributed by atoms with van der Waals surface area (Å²) >= 11 is 0. The lowest BCUT2D eigenvalue weighted by Gasteiger charge is -2.25. The first-order valence-electron chi connectivity index (χ1n) is 6.15. The van der Waals surface area contributed by atoms with Gasteiger partial charge in [0.1, 0.15) is 0 Å². The van der Waals surface area contributed by atoms with E-state index in [1.807, 2.05) is 0 Å². The number of benzene rings is 1. The molecule has 21 heavy (non-hydrogen) atoms. The van der Waals surface area contributed by atoms with Crippen LogP contribution in [0, 0.1) is 0 Å².